The predicted molar refractivity (Wildman–Crippen MR) is 97.4 cm³/mol. The van der Waals surface area contributed by atoms with Gasteiger partial charge in [-0.3, -0.25) is 4.57 Å². The Labute approximate surface area is 156 Å². The summed E-state index contributed by atoms with van der Waals surface area (Å²) in [6.45, 7) is 1.19. The summed E-state index contributed by atoms with van der Waals surface area (Å²) < 4.78 is 40.8. The highest BCUT2D eigenvalue weighted by atomic mass is 32.2. The molecule has 0 aliphatic carbocycles. The Hall–Kier alpha value is -2.91. The number of ether oxygens (including phenoxy) is 2. The molecular formula is C18H18N4O4S. The van der Waals surface area contributed by atoms with Gasteiger partial charge < -0.3 is 9.47 Å². The van der Waals surface area contributed by atoms with Crippen molar-refractivity contribution in [2.24, 2.45) is 0 Å². The summed E-state index contributed by atoms with van der Waals surface area (Å²) in [4.78, 5) is 8.38. The summed E-state index contributed by atoms with van der Waals surface area (Å²) in [7, 11) is -3.70. The number of nitrogens with zero attached hydrogens (tertiary/aromatic N) is 3. The average molecular weight is 386 g/mol. The van der Waals surface area contributed by atoms with E-state index in [1.54, 1.807) is 47.7 Å². The number of hydrogen-bond acceptors (Lipinski definition) is 6. The van der Waals surface area contributed by atoms with Gasteiger partial charge in [-0.05, 0) is 29.8 Å². The number of nitrogens with one attached hydrogen (secondary N) is 1. The molecular weight excluding hydrogens is 368 g/mol. The second kappa shape index (κ2) is 7.37. The van der Waals surface area contributed by atoms with Crippen LogP contribution in [0.25, 0.3) is 5.82 Å². The van der Waals surface area contributed by atoms with E-state index >= 15 is 0 Å². The largest absolute Gasteiger partial charge is 0.490 e. The first-order chi connectivity index (χ1) is 13.1. The second-order valence-corrected chi connectivity index (χ2v) is 7.74. The van der Waals surface area contributed by atoms with E-state index in [-0.39, 0.29) is 11.4 Å². The Morgan fingerprint density at radius 2 is 1.93 bits per heavy atom. The Bertz CT molecular complexity index is 1040. The number of sulfonamides is 1. The standard InChI is InChI=1S/C18H18N4O4S/c23-27(24,15-2-3-16-17(11-15)26-9-1-8-25-16)21-12-14-4-5-20-18(10-14)22-7-6-19-13-22/h2-7,10-11,13,21H,1,8-9,12H2. The van der Waals surface area contributed by atoms with Crippen LogP contribution in [0.1, 0.15) is 12.0 Å². The maximum absolute atomic E-state index is 12.7. The van der Waals surface area contributed by atoms with E-state index in [4.69, 9.17) is 9.47 Å². The molecule has 0 saturated heterocycles. The molecule has 0 spiro atoms. The Kier molecular flexibility index (Phi) is 4.78. The molecule has 1 aromatic carbocycles. The van der Waals surface area contributed by atoms with Crippen LogP contribution < -0.4 is 14.2 Å². The Morgan fingerprint density at radius 1 is 1.07 bits per heavy atom. The van der Waals surface area contributed by atoms with Gasteiger partial charge in [-0.2, -0.15) is 0 Å². The molecule has 0 bridgehead atoms. The third-order valence-electron chi connectivity index (χ3n) is 4.07. The number of imidazole rings is 1. The number of fused-ring (bicyclic) bond motifs is 1. The van der Waals surface area contributed by atoms with Crippen molar-refractivity contribution in [2.75, 3.05) is 13.2 Å². The smallest absolute Gasteiger partial charge is 0.241 e. The molecule has 4 rings (SSSR count). The first-order valence-corrected chi connectivity index (χ1v) is 9.93. The summed E-state index contributed by atoms with van der Waals surface area (Å²) in [5.41, 5.74) is 0.784. The van der Waals surface area contributed by atoms with Gasteiger partial charge >= 0.3 is 0 Å². The van der Waals surface area contributed by atoms with Crippen LogP contribution in [0.2, 0.25) is 0 Å². The fourth-order valence-electron chi connectivity index (χ4n) is 2.68. The SMILES string of the molecule is O=S(=O)(NCc1ccnc(-n2ccnc2)c1)c1ccc2c(c1)OCCCO2. The van der Waals surface area contributed by atoms with Crippen molar-refractivity contribution in [3.63, 3.8) is 0 Å². The van der Waals surface area contributed by atoms with Crippen molar-refractivity contribution in [1.29, 1.82) is 0 Å². The number of rotatable bonds is 5. The molecule has 0 amide bonds. The molecule has 1 aliphatic heterocycles. The summed E-state index contributed by atoms with van der Waals surface area (Å²) in [6, 6.07) is 8.19. The maximum atomic E-state index is 12.7. The zero-order valence-corrected chi connectivity index (χ0v) is 15.2. The van der Waals surface area contributed by atoms with Crippen molar-refractivity contribution in [1.82, 2.24) is 19.3 Å². The van der Waals surface area contributed by atoms with E-state index in [0.29, 0.717) is 30.5 Å². The van der Waals surface area contributed by atoms with Gasteiger partial charge in [-0.1, -0.05) is 0 Å². The third kappa shape index (κ3) is 3.93. The van der Waals surface area contributed by atoms with Crippen LogP contribution in [-0.2, 0) is 16.6 Å². The van der Waals surface area contributed by atoms with Crippen LogP contribution in [0.3, 0.4) is 0 Å². The molecule has 3 aromatic rings. The summed E-state index contributed by atoms with van der Waals surface area (Å²) in [5.74, 6) is 1.67. The topological polar surface area (TPSA) is 95.3 Å². The molecule has 1 aliphatic rings. The van der Waals surface area contributed by atoms with Crippen molar-refractivity contribution in [3.8, 4) is 17.3 Å². The van der Waals surface area contributed by atoms with Gasteiger partial charge in [0.1, 0.15) is 12.1 Å². The first-order valence-electron chi connectivity index (χ1n) is 8.44. The molecule has 9 heteroatoms. The van der Waals surface area contributed by atoms with Gasteiger partial charge in [0.15, 0.2) is 11.5 Å². The zero-order chi connectivity index (χ0) is 18.7. The average Bonchev–Trinajstić information content (AvgIpc) is 3.12. The summed E-state index contributed by atoms with van der Waals surface area (Å²) >= 11 is 0. The lowest BCUT2D eigenvalue weighted by molar-refractivity contribution is 0.297. The van der Waals surface area contributed by atoms with Gasteiger partial charge in [0.25, 0.3) is 0 Å². The number of pyridine rings is 1. The molecule has 140 valence electrons. The minimum absolute atomic E-state index is 0.135. The molecule has 0 saturated carbocycles. The van der Waals surface area contributed by atoms with E-state index in [9.17, 15) is 8.42 Å². The molecule has 0 radical (unpaired) electrons. The lowest BCUT2D eigenvalue weighted by Gasteiger charge is -2.11. The third-order valence-corrected chi connectivity index (χ3v) is 5.47. The van der Waals surface area contributed by atoms with Crippen molar-refractivity contribution >= 4 is 10.0 Å². The van der Waals surface area contributed by atoms with Crippen LogP contribution in [0, 0.1) is 0 Å². The van der Waals surface area contributed by atoms with Crippen LogP contribution in [0.4, 0.5) is 0 Å². The van der Waals surface area contributed by atoms with E-state index in [1.165, 1.54) is 12.1 Å². The number of benzene rings is 1. The van der Waals surface area contributed by atoms with Gasteiger partial charge in [-0.25, -0.2) is 23.1 Å². The molecule has 27 heavy (non-hydrogen) atoms. The molecule has 0 fully saturated rings. The second-order valence-electron chi connectivity index (χ2n) is 5.98. The molecule has 8 nitrogen and oxygen atoms in total. The van der Waals surface area contributed by atoms with Crippen LogP contribution >= 0.6 is 0 Å². The van der Waals surface area contributed by atoms with Crippen LogP contribution in [-0.4, -0.2) is 36.2 Å². The van der Waals surface area contributed by atoms with Crippen molar-refractivity contribution in [2.45, 2.75) is 17.9 Å². The fraction of sp³-hybridized carbons (Fsp3) is 0.222. The highest BCUT2D eigenvalue weighted by molar-refractivity contribution is 7.89. The molecule has 2 aromatic heterocycles. The first kappa shape index (κ1) is 17.5. The lowest BCUT2D eigenvalue weighted by Crippen LogP contribution is -2.23. The van der Waals surface area contributed by atoms with Gasteiger partial charge in [-0.15, -0.1) is 0 Å². The minimum Gasteiger partial charge on any atom is -0.490 e. The van der Waals surface area contributed by atoms with Crippen LogP contribution in [0.15, 0.2) is 60.1 Å². The Balaban J connectivity index is 1.51. The van der Waals surface area contributed by atoms with Crippen LogP contribution in [0.5, 0.6) is 11.5 Å². The van der Waals surface area contributed by atoms with E-state index < -0.39 is 10.0 Å². The monoisotopic (exact) mass is 386 g/mol. The quantitative estimate of drug-likeness (QED) is 0.720. The summed E-state index contributed by atoms with van der Waals surface area (Å²) in [5, 5.41) is 0. The van der Waals surface area contributed by atoms with Gasteiger partial charge in [0, 0.05) is 37.6 Å². The van der Waals surface area contributed by atoms with Crippen molar-refractivity contribution in [3.05, 3.63) is 60.8 Å². The van der Waals surface area contributed by atoms with Gasteiger partial charge in [0.2, 0.25) is 10.0 Å². The minimum atomic E-state index is -3.70. The van der Waals surface area contributed by atoms with Gasteiger partial charge in [0.05, 0.1) is 18.1 Å². The van der Waals surface area contributed by atoms with E-state index in [1.807, 2.05) is 0 Å². The van der Waals surface area contributed by atoms with Crippen molar-refractivity contribution < 1.29 is 17.9 Å². The molecule has 3 heterocycles. The Morgan fingerprint density at radius 3 is 2.74 bits per heavy atom. The lowest BCUT2D eigenvalue weighted by atomic mass is 10.2. The normalized spacial score (nSPS) is 13.9. The number of aromatic nitrogens is 3. The predicted octanol–water partition coefficient (Wildman–Crippen LogP) is 1.91. The molecule has 0 unspecified atom stereocenters. The number of hydrogen-bond donors (Lipinski definition) is 1. The maximum Gasteiger partial charge on any atom is 0.241 e. The fourth-order valence-corrected chi connectivity index (χ4v) is 3.71. The highest BCUT2D eigenvalue weighted by Crippen LogP contribution is 2.31. The molecule has 1 N–H and O–H groups in total. The zero-order valence-electron chi connectivity index (χ0n) is 14.4. The summed E-state index contributed by atoms with van der Waals surface area (Å²) in [6.07, 6.45) is 7.45. The van der Waals surface area contributed by atoms with E-state index in [2.05, 4.69) is 14.7 Å². The van der Waals surface area contributed by atoms with E-state index in [0.717, 1.165) is 12.0 Å². The highest BCUT2D eigenvalue weighted by Gasteiger charge is 2.18. The molecule has 0 atom stereocenters.